The highest BCUT2D eigenvalue weighted by Crippen LogP contribution is 2.36. The fraction of sp³-hybridized carbons (Fsp3) is 0.143. The average molecular weight is 304 g/mol. The summed E-state index contributed by atoms with van der Waals surface area (Å²) in [5.74, 6) is 0. The molecule has 0 aromatic heterocycles. The lowest BCUT2D eigenvalue weighted by atomic mass is 9.91. The summed E-state index contributed by atoms with van der Waals surface area (Å²) in [5, 5.41) is 19.9. The molecule has 0 saturated carbocycles. The van der Waals surface area contributed by atoms with Crippen molar-refractivity contribution in [3.05, 3.63) is 83.4 Å². The van der Waals surface area contributed by atoms with Gasteiger partial charge in [-0.05, 0) is 36.1 Å². The zero-order valence-corrected chi connectivity index (χ0v) is 13.3. The summed E-state index contributed by atoms with van der Waals surface area (Å²) in [6.07, 6.45) is -1.52. The fourth-order valence-electron chi connectivity index (χ4n) is 2.81. The van der Waals surface area contributed by atoms with Gasteiger partial charge in [-0.1, -0.05) is 77.9 Å². The van der Waals surface area contributed by atoms with E-state index >= 15 is 0 Å². The van der Waals surface area contributed by atoms with Crippen molar-refractivity contribution in [2.24, 2.45) is 0 Å². The van der Waals surface area contributed by atoms with Gasteiger partial charge >= 0.3 is 0 Å². The van der Waals surface area contributed by atoms with E-state index in [2.05, 4.69) is 0 Å². The van der Waals surface area contributed by atoms with Crippen molar-refractivity contribution >= 4 is 0 Å². The van der Waals surface area contributed by atoms with Gasteiger partial charge in [-0.25, -0.2) is 0 Å². The quantitative estimate of drug-likeness (QED) is 0.693. The van der Waals surface area contributed by atoms with Crippen molar-refractivity contribution in [1.82, 2.24) is 0 Å². The Bertz CT molecular complexity index is 737. The van der Waals surface area contributed by atoms with Gasteiger partial charge in [-0.2, -0.15) is 0 Å². The number of aliphatic hydroxyl groups is 2. The lowest BCUT2D eigenvalue weighted by Gasteiger charge is -2.17. The molecule has 0 spiro atoms. The number of hydrogen-bond acceptors (Lipinski definition) is 2. The maximum atomic E-state index is 9.97. The molecule has 2 nitrogen and oxygen atoms in total. The molecule has 3 aromatic rings. The maximum absolute atomic E-state index is 9.97. The summed E-state index contributed by atoms with van der Waals surface area (Å²) in [7, 11) is 0. The summed E-state index contributed by atoms with van der Waals surface area (Å²) >= 11 is 0. The van der Waals surface area contributed by atoms with Gasteiger partial charge in [-0.15, -0.1) is 0 Å². The van der Waals surface area contributed by atoms with E-state index < -0.39 is 6.29 Å². The van der Waals surface area contributed by atoms with Gasteiger partial charge in [0.15, 0.2) is 6.29 Å². The van der Waals surface area contributed by atoms with Crippen molar-refractivity contribution < 1.29 is 10.2 Å². The van der Waals surface area contributed by atoms with E-state index in [9.17, 15) is 10.2 Å². The Labute approximate surface area is 136 Å². The number of benzene rings is 3. The molecule has 2 N–H and O–H groups in total. The smallest absolute Gasteiger partial charge is 0.179 e. The van der Waals surface area contributed by atoms with Crippen LogP contribution < -0.4 is 0 Å². The third-order valence-corrected chi connectivity index (χ3v) is 4.09. The van der Waals surface area contributed by atoms with Crippen molar-refractivity contribution in [3.63, 3.8) is 0 Å². The number of hydrogen-bond donors (Lipinski definition) is 2. The largest absolute Gasteiger partial charge is 0.364 e. The lowest BCUT2D eigenvalue weighted by molar-refractivity contribution is -0.0415. The zero-order valence-electron chi connectivity index (χ0n) is 13.3. The van der Waals surface area contributed by atoms with Crippen LogP contribution in [0.1, 0.15) is 23.0 Å². The third-order valence-electron chi connectivity index (χ3n) is 4.09. The minimum atomic E-state index is -1.52. The summed E-state index contributed by atoms with van der Waals surface area (Å²) in [6.45, 7) is 4.07. The molecule has 0 amide bonds. The molecule has 0 unspecified atom stereocenters. The van der Waals surface area contributed by atoms with Crippen LogP contribution in [0.4, 0.5) is 0 Å². The van der Waals surface area contributed by atoms with Gasteiger partial charge < -0.3 is 10.2 Å². The Kier molecular flexibility index (Phi) is 4.28. The molecule has 3 aromatic carbocycles. The van der Waals surface area contributed by atoms with Crippen LogP contribution in [0.3, 0.4) is 0 Å². The predicted octanol–water partition coefficient (Wildman–Crippen LogP) is 4.62. The monoisotopic (exact) mass is 304 g/mol. The van der Waals surface area contributed by atoms with Gasteiger partial charge in [0, 0.05) is 5.56 Å². The molecular formula is C21H20O2. The first-order valence-corrected chi connectivity index (χ1v) is 7.69. The Balaban J connectivity index is 2.20. The van der Waals surface area contributed by atoms with Gasteiger partial charge in [0.25, 0.3) is 0 Å². The minimum Gasteiger partial charge on any atom is -0.364 e. The average Bonchev–Trinajstić information content (AvgIpc) is 2.55. The number of aryl methyl sites for hydroxylation is 2. The van der Waals surface area contributed by atoms with Gasteiger partial charge in [-0.3, -0.25) is 0 Å². The molecule has 23 heavy (non-hydrogen) atoms. The highest BCUT2D eigenvalue weighted by molar-refractivity contribution is 5.79. The third kappa shape index (κ3) is 3.19. The zero-order chi connectivity index (χ0) is 16.4. The first-order valence-electron chi connectivity index (χ1n) is 7.69. The summed E-state index contributed by atoms with van der Waals surface area (Å²) in [4.78, 5) is 0. The van der Waals surface area contributed by atoms with E-state index in [4.69, 9.17) is 0 Å². The van der Waals surface area contributed by atoms with E-state index in [0.717, 1.165) is 22.3 Å². The second kappa shape index (κ2) is 6.37. The highest BCUT2D eigenvalue weighted by atomic mass is 16.5. The standard InChI is InChI=1S/C21H20O2/c1-14-6-10-16(11-7-14)18-4-3-5-19(20(18)21(22)23)17-12-8-15(2)9-13-17/h3-13,21-23H,1-2H3. The van der Waals surface area contributed by atoms with Gasteiger partial charge in [0.2, 0.25) is 0 Å². The van der Waals surface area contributed by atoms with Crippen molar-refractivity contribution in [3.8, 4) is 22.3 Å². The van der Waals surface area contributed by atoms with Crippen LogP contribution in [0.15, 0.2) is 66.7 Å². The van der Waals surface area contributed by atoms with Crippen LogP contribution in [0.5, 0.6) is 0 Å². The molecule has 0 fully saturated rings. The molecular weight excluding hydrogens is 284 g/mol. The molecule has 0 aliphatic heterocycles. The predicted molar refractivity (Wildman–Crippen MR) is 94.0 cm³/mol. The summed E-state index contributed by atoms with van der Waals surface area (Å²) in [5.41, 5.74) is 6.54. The first kappa shape index (κ1) is 15.5. The molecule has 2 heteroatoms. The van der Waals surface area contributed by atoms with E-state index in [-0.39, 0.29) is 0 Å². The topological polar surface area (TPSA) is 40.5 Å². The highest BCUT2D eigenvalue weighted by Gasteiger charge is 2.17. The normalized spacial score (nSPS) is 11.0. The minimum absolute atomic E-state index is 0.542. The van der Waals surface area contributed by atoms with Crippen molar-refractivity contribution in [1.29, 1.82) is 0 Å². The van der Waals surface area contributed by atoms with Crippen LogP contribution in [-0.4, -0.2) is 10.2 Å². The van der Waals surface area contributed by atoms with Crippen LogP contribution in [0.2, 0.25) is 0 Å². The number of rotatable bonds is 3. The van der Waals surface area contributed by atoms with Crippen LogP contribution in [0, 0.1) is 13.8 Å². The van der Waals surface area contributed by atoms with Crippen molar-refractivity contribution in [2.45, 2.75) is 20.1 Å². The van der Waals surface area contributed by atoms with Gasteiger partial charge in [0.1, 0.15) is 0 Å². The Morgan fingerprint density at radius 2 is 1.00 bits per heavy atom. The molecule has 116 valence electrons. The van der Waals surface area contributed by atoms with E-state index in [1.54, 1.807) is 0 Å². The Morgan fingerprint density at radius 3 is 1.35 bits per heavy atom. The first-order chi connectivity index (χ1) is 11.1. The molecule has 0 atom stereocenters. The second-order valence-corrected chi connectivity index (χ2v) is 5.87. The number of aliphatic hydroxyl groups excluding tert-OH is 1. The van der Waals surface area contributed by atoms with Crippen LogP contribution in [0.25, 0.3) is 22.3 Å². The van der Waals surface area contributed by atoms with Crippen LogP contribution in [-0.2, 0) is 0 Å². The Morgan fingerprint density at radius 1 is 0.609 bits per heavy atom. The van der Waals surface area contributed by atoms with Crippen molar-refractivity contribution in [2.75, 3.05) is 0 Å². The molecule has 0 aliphatic rings. The Hall–Kier alpha value is -2.42. The molecule has 0 saturated heterocycles. The molecule has 0 aliphatic carbocycles. The van der Waals surface area contributed by atoms with Crippen LogP contribution >= 0.6 is 0 Å². The van der Waals surface area contributed by atoms with Gasteiger partial charge in [0.05, 0.1) is 0 Å². The van der Waals surface area contributed by atoms with E-state index in [1.165, 1.54) is 11.1 Å². The summed E-state index contributed by atoms with van der Waals surface area (Å²) in [6, 6.07) is 22.0. The SMILES string of the molecule is Cc1ccc(-c2cccc(-c3ccc(C)cc3)c2C(O)O)cc1. The second-order valence-electron chi connectivity index (χ2n) is 5.87. The maximum Gasteiger partial charge on any atom is 0.179 e. The molecule has 0 radical (unpaired) electrons. The van der Waals surface area contributed by atoms with E-state index in [0.29, 0.717) is 5.56 Å². The fourth-order valence-corrected chi connectivity index (χ4v) is 2.81. The molecule has 0 bridgehead atoms. The lowest BCUT2D eigenvalue weighted by Crippen LogP contribution is -2.01. The summed E-state index contributed by atoms with van der Waals surface area (Å²) < 4.78 is 0. The molecule has 0 heterocycles. The van der Waals surface area contributed by atoms with E-state index in [1.807, 2.05) is 80.6 Å². The molecule has 3 rings (SSSR count).